The van der Waals surface area contributed by atoms with Gasteiger partial charge in [-0.2, -0.15) is 0 Å². The van der Waals surface area contributed by atoms with Gasteiger partial charge in [-0.3, -0.25) is 24.4 Å². The molecule has 2 aliphatic heterocycles. The van der Waals surface area contributed by atoms with Crippen molar-refractivity contribution in [1.29, 1.82) is 0 Å². The number of carbonyl (C=O) groups is 3. The van der Waals surface area contributed by atoms with Crippen molar-refractivity contribution < 1.29 is 14.4 Å². The molecule has 0 radical (unpaired) electrons. The average Bonchev–Trinajstić information content (AvgIpc) is 3.27. The Labute approximate surface area is 184 Å². The van der Waals surface area contributed by atoms with Crippen molar-refractivity contribution in [3.05, 3.63) is 40.7 Å². The molecule has 164 valence electrons. The lowest BCUT2D eigenvalue weighted by atomic mass is 9.87. The maximum atomic E-state index is 13.2. The number of pyridine rings is 1. The summed E-state index contributed by atoms with van der Waals surface area (Å²) in [5.41, 5.74) is 0.912. The molecule has 2 N–H and O–H groups in total. The number of hydrogen-bond acceptors (Lipinski definition) is 7. The summed E-state index contributed by atoms with van der Waals surface area (Å²) in [6.45, 7) is 7.06. The summed E-state index contributed by atoms with van der Waals surface area (Å²) < 4.78 is 0. The van der Waals surface area contributed by atoms with Crippen molar-refractivity contribution in [3.63, 3.8) is 0 Å². The zero-order valence-corrected chi connectivity index (χ0v) is 18.7. The highest BCUT2D eigenvalue weighted by molar-refractivity contribution is 7.15. The highest BCUT2D eigenvalue weighted by Crippen LogP contribution is 2.35. The number of piperidine rings is 1. The lowest BCUT2D eigenvalue weighted by Crippen LogP contribution is -2.55. The van der Waals surface area contributed by atoms with Gasteiger partial charge in [-0.05, 0) is 44.4 Å². The second kappa shape index (κ2) is 8.35. The second-order valence-electron chi connectivity index (χ2n) is 8.17. The molecule has 4 rings (SSSR count). The summed E-state index contributed by atoms with van der Waals surface area (Å²) in [6.07, 6.45) is 4.59. The SMILES string of the molecule is CC(=O)Nc1ncc([C@@H](C)N2CCC3(CC2)NC(=O)N(Cc2ccnc(C)c2)C3=O)s1. The number of thiazole rings is 1. The normalized spacial score (nSPS) is 19.5. The van der Waals surface area contributed by atoms with E-state index in [1.54, 1.807) is 12.4 Å². The summed E-state index contributed by atoms with van der Waals surface area (Å²) in [5, 5.41) is 6.26. The first-order valence-electron chi connectivity index (χ1n) is 10.3. The number of nitrogens with one attached hydrogen (secondary N) is 2. The van der Waals surface area contributed by atoms with E-state index in [-0.39, 0.29) is 30.4 Å². The van der Waals surface area contributed by atoms with Gasteiger partial charge in [-0.1, -0.05) is 0 Å². The van der Waals surface area contributed by atoms with Crippen LogP contribution >= 0.6 is 11.3 Å². The largest absolute Gasteiger partial charge is 0.325 e. The van der Waals surface area contributed by atoms with Gasteiger partial charge in [0.1, 0.15) is 5.54 Å². The van der Waals surface area contributed by atoms with Gasteiger partial charge in [0.2, 0.25) is 5.91 Å². The van der Waals surface area contributed by atoms with Crippen LogP contribution in [0, 0.1) is 6.92 Å². The molecular weight excluding hydrogens is 416 g/mol. The van der Waals surface area contributed by atoms with Crippen LogP contribution in [0.2, 0.25) is 0 Å². The number of carbonyl (C=O) groups excluding carboxylic acids is 3. The van der Waals surface area contributed by atoms with E-state index in [9.17, 15) is 14.4 Å². The molecule has 1 atom stereocenters. The third-order valence-corrected chi connectivity index (χ3v) is 7.05. The number of urea groups is 1. The minimum absolute atomic E-state index is 0.112. The molecule has 2 aliphatic rings. The Kier molecular flexibility index (Phi) is 5.76. The lowest BCUT2D eigenvalue weighted by molar-refractivity contribution is -0.133. The fourth-order valence-electron chi connectivity index (χ4n) is 4.20. The molecule has 4 amide bonds. The Morgan fingerprint density at radius 1 is 1.32 bits per heavy atom. The summed E-state index contributed by atoms with van der Waals surface area (Å²) in [5.74, 6) is -0.291. The maximum Gasteiger partial charge on any atom is 0.325 e. The van der Waals surface area contributed by atoms with Crippen LogP contribution in [-0.4, -0.2) is 56.2 Å². The third kappa shape index (κ3) is 4.31. The molecule has 2 fully saturated rings. The van der Waals surface area contributed by atoms with Gasteiger partial charge >= 0.3 is 6.03 Å². The minimum Gasteiger partial charge on any atom is -0.323 e. The van der Waals surface area contributed by atoms with Gasteiger partial charge in [0, 0.05) is 49.0 Å². The number of hydrogen-bond donors (Lipinski definition) is 2. The highest BCUT2D eigenvalue weighted by Gasteiger charge is 2.52. The number of imide groups is 1. The van der Waals surface area contributed by atoms with Crippen molar-refractivity contribution in [1.82, 2.24) is 25.1 Å². The van der Waals surface area contributed by atoms with E-state index in [0.717, 1.165) is 16.1 Å². The summed E-state index contributed by atoms with van der Waals surface area (Å²) in [4.78, 5) is 50.1. The van der Waals surface area contributed by atoms with Crippen LogP contribution in [0.1, 0.15) is 48.9 Å². The van der Waals surface area contributed by atoms with Crippen molar-refractivity contribution in [2.45, 2.75) is 51.7 Å². The van der Waals surface area contributed by atoms with E-state index in [1.807, 2.05) is 19.1 Å². The summed E-state index contributed by atoms with van der Waals surface area (Å²) in [7, 11) is 0. The number of aryl methyl sites for hydroxylation is 1. The standard InChI is InChI=1S/C21H26N6O3S/c1-13-10-16(4-7-22-13)12-27-18(29)21(25-20(27)30)5-8-26(9-6-21)14(2)17-11-23-19(31-17)24-15(3)28/h4,7,10-11,14H,5-6,8-9,12H2,1-3H3,(H,25,30)(H,23,24,28)/t14-/m1/s1. The number of aromatic nitrogens is 2. The molecule has 0 unspecified atom stereocenters. The van der Waals surface area contributed by atoms with Gasteiger partial charge in [-0.25, -0.2) is 9.78 Å². The molecule has 2 saturated heterocycles. The number of amides is 4. The van der Waals surface area contributed by atoms with Gasteiger partial charge in [0.15, 0.2) is 5.13 Å². The highest BCUT2D eigenvalue weighted by atomic mass is 32.1. The topological polar surface area (TPSA) is 108 Å². The van der Waals surface area contributed by atoms with Crippen LogP contribution in [0.5, 0.6) is 0 Å². The maximum absolute atomic E-state index is 13.2. The average molecular weight is 443 g/mol. The molecule has 1 spiro atoms. The van der Waals surface area contributed by atoms with Crippen molar-refractivity contribution in [3.8, 4) is 0 Å². The molecule has 2 aromatic rings. The quantitative estimate of drug-likeness (QED) is 0.689. The van der Waals surface area contributed by atoms with Crippen LogP contribution in [0.25, 0.3) is 0 Å². The first-order chi connectivity index (χ1) is 14.8. The molecular formula is C21H26N6O3S. The molecule has 0 aromatic carbocycles. The van der Waals surface area contributed by atoms with E-state index < -0.39 is 5.54 Å². The zero-order chi connectivity index (χ0) is 22.2. The Bertz CT molecular complexity index is 1010. The van der Waals surface area contributed by atoms with E-state index in [0.29, 0.717) is 31.1 Å². The van der Waals surface area contributed by atoms with Crippen molar-refractivity contribution in [2.24, 2.45) is 0 Å². The fourth-order valence-corrected chi connectivity index (χ4v) is 5.15. The van der Waals surface area contributed by atoms with E-state index in [1.165, 1.54) is 23.2 Å². The van der Waals surface area contributed by atoms with Gasteiger partial charge in [-0.15, -0.1) is 11.3 Å². The number of nitrogens with zero attached hydrogens (tertiary/aromatic N) is 4. The van der Waals surface area contributed by atoms with E-state index >= 15 is 0 Å². The Morgan fingerprint density at radius 3 is 2.74 bits per heavy atom. The smallest absolute Gasteiger partial charge is 0.323 e. The molecule has 9 nitrogen and oxygen atoms in total. The fraction of sp³-hybridized carbons (Fsp3) is 0.476. The number of anilines is 1. The number of likely N-dealkylation sites (tertiary alicyclic amines) is 1. The van der Waals surface area contributed by atoms with Crippen LogP contribution in [0.3, 0.4) is 0 Å². The molecule has 10 heteroatoms. The third-order valence-electron chi connectivity index (χ3n) is 5.97. The van der Waals surface area contributed by atoms with Crippen LogP contribution in [0.15, 0.2) is 24.5 Å². The predicted molar refractivity (Wildman–Crippen MR) is 116 cm³/mol. The van der Waals surface area contributed by atoms with E-state index in [4.69, 9.17) is 0 Å². The molecule has 4 heterocycles. The minimum atomic E-state index is -0.829. The van der Waals surface area contributed by atoms with Crippen LogP contribution in [-0.2, 0) is 16.1 Å². The van der Waals surface area contributed by atoms with Gasteiger partial charge < -0.3 is 10.6 Å². The van der Waals surface area contributed by atoms with Gasteiger partial charge in [0.25, 0.3) is 5.91 Å². The Hall–Kier alpha value is -2.85. The van der Waals surface area contributed by atoms with Crippen LogP contribution < -0.4 is 10.6 Å². The van der Waals surface area contributed by atoms with Gasteiger partial charge in [0.05, 0.1) is 6.54 Å². The number of rotatable bonds is 5. The monoisotopic (exact) mass is 442 g/mol. The van der Waals surface area contributed by atoms with E-state index in [2.05, 4.69) is 32.4 Å². The first kappa shape index (κ1) is 21.4. The Morgan fingerprint density at radius 2 is 2.06 bits per heavy atom. The molecule has 0 aliphatic carbocycles. The Balaban J connectivity index is 1.40. The lowest BCUT2D eigenvalue weighted by Gasteiger charge is -2.39. The van der Waals surface area contributed by atoms with Crippen LogP contribution in [0.4, 0.5) is 9.93 Å². The molecule has 0 bridgehead atoms. The van der Waals surface area contributed by atoms with Crippen molar-refractivity contribution >= 4 is 34.3 Å². The molecule has 31 heavy (non-hydrogen) atoms. The predicted octanol–water partition coefficient (Wildman–Crippen LogP) is 2.45. The zero-order valence-electron chi connectivity index (χ0n) is 17.8. The molecule has 0 saturated carbocycles. The second-order valence-corrected chi connectivity index (χ2v) is 9.23. The molecule has 2 aromatic heterocycles. The first-order valence-corrected chi connectivity index (χ1v) is 11.1. The summed E-state index contributed by atoms with van der Waals surface area (Å²) in [6, 6.07) is 3.50. The summed E-state index contributed by atoms with van der Waals surface area (Å²) >= 11 is 1.46. The van der Waals surface area contributed by atoms with Crippen molar-refractivity contribution in [2.75, 3.05) is 18.4 Å².